The molecule has 0 saturated heterocycles. The maximum atomic E-state index is 6.40. The van der Waals surface area contributed by atoms with E-state index in [1.807, 2.05) is 11.6 Å². The molecule has 1 aromatic heterocycles. The minimum Gasteiger partial charge on any atom is -0.302 e. The van der Waals surface area contributed by atoms with Crippen molar-refractivity contribution in [3.8, 4) is 0 Å². The van der Waals surface area contributed by atoms with E-state index in [0.29, 0.717) is 0 Å². The predicted octanol–water partition coefficient (Wildman–Crippen LogP) is 1.97. The van der Waals surface area contributed by atoms with Crippen molar-refractivity contribution in [3.05, 3.63) is 16.4 Å². The Balaban J connectivity index is 3.11. The minimum atomic E-state index is -0.0468. The van der Waals surface area contributed by atoms with Crippen molar-refractivity contribution < 1.29 is 0 Å². The van der Waals surface area contributed by atoms with E-state index in [0.717, 1.165) is 35.8 Å². The average Bonchev–Trinajstić information content (AvgIpc) is 2.70. The Morgan fingerprint density at radius 3 is 2.45 bits per heavy atom. The van der Waals surface area contributed by atoms with Gasteiger partial charge >= 0.3 is 0 Å². The highest BCUT2D eigenvalue weighted by molar-refractivity contribution is 6.31. The molecule has 20 heavy (non-hydrogen) atoms. The zero-order chi connectivity index (χ0) is 15.5. The van der Waals surface area contributed by atoms with Crippen LogP contribution in [-0.4, -0.2) is 40.4 Å². The maximum absolute atomic E-state index is 6.40. The molecule has 0 amide bonds. The number of hydrogen-bond donors (Lipinski definition) is 2. The van der Waals surface area contributed by atoms with Gasteiger partial charge in [-0.3, -0.25) is 16.0 Å². The summed E-state index contributed by atoms with van der Waals surface area (Å²) in [5.41, 5.74) is 4.85. The number of nitrogens with one attached hydrogen (secondary N) is 1. The molecule has 1 rings (SSSR count). The third kappa shape index (κ3) is 3.17. The van der Waals surface area contributed by atoms with Crippen molar-refractivity contribution in [2.45, 2.75) is 58.7 Å². The third-order valence-corrected chi connectivity index (χ3v) is 5.03. The Bertz CT molecular complexity index is 443. The van der Waals surface area contributed by atoms with E-state index in [4.69, 9.17) is 17.4 Å². The van der Waals surface area contributed by atoms with E-state index in [2.05, 4.69) is 50.3 Å². The molecule has 3 N–H and O–H groups in total. The van der Waals surface area contributed by atoms with Crippen molar-refractivity contribution in [1.29, 1.82) is 0 Å². The van der Waals surface area contributed by atoms with E-state index >= 15 is 0 Å². The molecule has 0 aliphatic heterocycles. The molecule has 2 atom stereocenters. The summed E-state index contributed by atoms with van der Waals surface area (Å²) >= 11 is 6.40. The monoisotopic (exact) mass is 301 g/mol. The van der Waals surface area contributed by atoms with Crippen LogP contribution in [0.4, 0.5) is 0 Å². The maximum Gasteiger partial charge on any atom is 0.0847 e. The van der Waals surface area contributed by atoms with Crippen molar-refractivity contribution in [1.82, 2.24) is 20.1 Å². The number of likely N-dealkylation sites (N-methyl/N-ethyl adjacent to an activating group) is 1. The van der Waals surface area contributed by atoms with Gasteiger partial charge in [-0.1, -0.05) is 18.5 Å². The second-order valence-electron chi connectivity index (χ2n) is 5.69. The van der Waals surface area contributed by atoms with E-state index in [1.54, 1.807) is 0 Å². The van der Waals surface area contributed by atoms with Gasteiger partial charge in [0.25, 0.3) is 0 Å². The van der Waals surface area contributed by atoms with Crippen molar-refractivity contribution in [3.63, 3.8) is 0 Å². The van der Waals surface area contributed by atoms with Crippen LogP contribution in [0.3, 0.4) is 0 Å². The molecular formula is C14H28ClN5. The summed E-state index contributed by atoms with van der Waals surface area (Å²) in [5, 5.41) is 5.23. The molecule has 6 heteroatoms. The van der Waals surface area contributed by atoms with Gasteiger partial charge in [0.1, 0.15) is 0 Å². The summed E-state index contributed by atoms with van der Waals surface area (Å²) in [7, 11) is 4.16. The largest absolute Gasteiger partial charge is 0.302 e. The molecule has 0 fully saturated rings. The third-order valence-electron chi connectivity index (χ3n) is 4.54. The topological polar surface area (TPSA) is 59.1 Å². The van der Waals surface area contributed by atoms with Gasteiger partial charge < -0.3 is 4.90 Å². The SMILES string of the molecule is CCn1nc(C)c(Cl)c1CC(NN)C(C)(CC)N(C)C. The van der Waals surface area contributed by atoms with Crippen LogP contribution in [0.2, 0.25) is 5.02 Å². The van der Waals surface area contributed by atoms with Crippen LogP contribution in [0, 0.1) is 6.92 Å². The summed E-state index contributed by atoms with van der Waals surface area (Å²) in [4.78, 5) is 2.21. The van der Waals surface area contributed by atoms with Crippen LogP contribution in [0.25, 0.3) is 0 Å². The summed E-state index contributed by atoms with van der Waals surface area (Å²) in [6, 6.07) is 0.0985. The molecule has 1 aromatic rings. The first-order valence-corrected chi connectivity index (χ1v) is 7.54. The molecule has 0 saturated carbocycles. The molecule has 116 valence electrons. The number of nitrogens with two attached hydrogens (primary N) is 1. The molecule has 0 aliphatic carbocycles. The van der Waals surface area contributed by atoms with E-state index in [1.165, 1.54) is 0 Å². The average molecular weight is 302 g/mol. The van der Waals surface area contributed by atoms with Gasteiger partial charge in [0.2, 0.25) is 0 Å². The highest BCUT2D eigenvalue weighted by atomic mass is 35.5. The van der Waals surface area contributed by atoms with E-state index in [9.17, 15) is 0 Å². The summed E-state index contributed by atoms with van der Waals surface area (Å²) in [6.07, 6.45) is 1.75. The fraction of sp³-hybridized carbons (Fsp3) is 0.786. The first kappa shape index (κ1) is 17.4. The molecule has 0 radical (unpaired) electrons. The Hall–Kier alpha value is -0.620. The molecule has 1 heterocycles. The van der Waals surface area contributed by atoms with Gasteiger partial charge in [-0.2, -0.15) is 5.10 Å². The fourth-order valence-corrected chi connectivity index (χ4v) is 2.80. The van der Waals surface area contributed by atoms with Crippen molar-refractivity contribution in [2.75, 3.05) is 14.1 Å². The lowest BCUT2D eigenvalue weighted by Gasteiger charge is -2.42. The first-order valence-electron chi connectivity index (χ1n) is 7.17. The molecular weight excluding hydrogens is 274 g/mol. The van der Waals surface area contributed by atoms with E-state index in [-0.39, 0.29) is 11.6 Å². The summed E-state index contributed by atoms with van der Waals surface area (Å²) < 4.78 is 1.97. The Labute approximate surface area is 127 Å². The Morgan fingerprint density at radius 2 is 2.05 bits per heavy atom. The number of halogens is 1. The molecule has 0 spiro atoms. The predicted molar refractivity (Wildman–Crippen MR) is 84.8 cm³/mol. The van der Waals surface area contributed by atoms with E-state index < -0.39 is 0 Å². The molecule has 0 bridgehead atoms. The second kappa shape index (κ2) is 6.89. The lowest BCUT2D eigenvalue weighted by Crippen LogP contribution is -2.59. The van der Waals surface area contributed by atoms with Gasteiger partial charge in [0.05, 0.1) is 16.4 Å². The number of aromatic nitrogens is 2. The zero-order valence-corrected chi connectivity index (χ0v) is 14.3. The van der Waals surface area contributed by atoms with Gasteiger partial charge in [0.15, 0.2) is 0 Å². The molecule has 0 aliphatic rings. The zero-order valence-electron chi connectivity index (χ0n) is 13.5. The van der Waals surface area contributed by atoms with Crippen LogP contribution in [0.15, 0.2) is 0 Å². The lowest BCUT2D eigenvalue weighted by atomic mass is 9.85. The molecule has 2 unspecified atom stereocenters. The standard InChI is InChI=1S/C14H28ClN5/c1-7-14(4,19(5)6)12(17-16)9-11-13(15)10(3)18-20(11)8-2/h12,17H,7-9,16H2,1-6H3. The van der Waals surface area contributed by atoms with Crippen LogP contribution in [0.1, 0.15) is 38.6 Å². The van der Waals surface area contributed by atoms with Crippen molar-refractivity contribution >= 4 is 11.6 Å². The van der Waals surface area contributed by atoms with Crippen molar-refractivity contribution in [2.24, 2.45) is 5.84 Å². The van der Waals surface area contributed by atoms with Gasteiger partial charge in [0, 0.05) is 24.5 Å². The number of hydrogen-bond acceptors (Lipinski definition) is 4. The van der Waals surface area contributed by atoms with Gasteiger partial charge in [-0.05, 0) is 41.3 Å². The van der Waals surface area contributed by atoms with Gasteiger partial charge in [-0.25, -0.2) is 0 Å². The Kier molecular flexibility index (Phi) is 6.01. The smallest absolute Gasteiger partial charge is 0.0847 e. The normalized spacial score (nSPS) is 16.4. The number of nitrogens with zero attached hydrogens (tertiary/aromatic N) is 3. The first-order chi connectivity index (χ1) is 9.31. The second-order valence-corrected chi connectivity index (χ2v) is 6.07. The van der Waals surface area contributed by atoms with Crippen LogP contribution in [-0.2, 0) is 13.0 Å². The lowest BCUT2D eigenvalue weighted by molar-refractivity contribution is 0.111. The number of hydrazine groups is 1. The quantitative estimate of drug-likeness (QED) is 0.597. The summed E-state index contributed by atoms with van der Waals surface area (Å²) in [5.74, 6) is 5.82. The highest BCUT2D eigenvalue weighted by Gasteiger charge is 2.35. The van der Waals surface area contributed by atoms with Gasteiger partial charge in [-0.15, -0.1) is 0 Å². The number of aryl methyl sites for hydroxylation is 2. The van der Waals surface area contributed by atoms with Crippen LogP contribution >= 0.6 is 11.6 Å². The highest BCUT2D eigenvalue weighted by Crippen LogP contribution is 2.27. The number of rotatable bonds is 7. The fourth-order valence-electron chi connectivity index (χ4n) is 2.59. The molecule has 5 nitrogen and oxygen atoms in total. The Morgan fingerprint density at radius 1 is 1.45 bits per heavy atom. The molecule has 0 aromatic carbocycles. The van der Waals surface area contributed by atoms with Crippen LogP contribution in [0.5, 0.6) is 0 Å². The van der Waals surface area contributed by atoms with Crippen LogP contribution < -0.4 is 11.3 Å². The minimum absolute atomic E-state index is 0.0468. The summed E-state index contributed by atoms with van der Waals surface area (Å²) in [6.45, 7) is 9.21.